The van der Waals surface area contributed by atoms with Gasteiger partial charge in [0, 0.05) is 22.8 Å². The highest BCUT2D eigenvalue weighted by Gasteiger charge is 2.07. The van der Waals surface area contributed by atoms with Crippen LogP contribution < -0.4 is 20.1 Å². The Hall–Kier alpha value is -2.70. The molecule has 0 aliphatic rings. The van der Waals surface area contributed by atoms with Gasteiger partial charge >= 0.3 is 0 Å². The number of benzene rings is 2. The van der Waals surface area contributed by atoms with E-state index in [2.05, 4.69) is 20.6 Å². The molecule has 0 atom stereocenters. The summed E-state index contributed by atoms with van der Waals surface area (Å²) < 4.78 is 10.5. The van der Waals surface area contributed by atoms with E-state index in [1.807, 2.05) is 18.2 Å². The van der Waals surface area contributed by atoms with Gasteiger partial charge in [0.2, 0.25) is 0 Å². The lowest BCUT2D eigenvalue weighted by Crippen LogP contribution is -1.99. The lowest BCUT2D eigenvalue weighted by atomic mass is 10.2. The summed E-state index contributed by atoms with van der Waals surface area (Å²) in [6.07, 6.45) is 1.45. The highest BCUT2D eigenvalue weighted by molar-refractivity contribution is 6.35. The monoisotopic (exact) mass is 390 g/mol. The number of hydrogen-bond donors (Lipinski definition) is 2. The van der Waals surface area contributed by atoms with Gasteiger partial charge in [-0.25, -0.2) is 9.97 Å². The van der Waals surface area contributed by atoms with Gasteiger partial charge in [-0.15, -0.1) is 0 Å². The summed E-state index contributed by atoms with van der Waals surface area (Å²) >= 11 is 12.2. The number of nitrogens with one attached hydrogen (secondary N) is 2. The van der Waals surface area contributed by atoms with Gasteiger partial charge in [0.05, 0.1) is 24.9 Å². The molecule has 0 saturated carbocycles. The maximum absolute atomic E-state index is 6.17. The van der Waals surface area contributed by atoms with Crippen molar-refractivity contribution >= 4 is 46.2 Å². The van der Waals surface area contributed by atoms with Gasteiger partial charge in [0.15, 0.2) is 11.5 Å². The number of hydrogen-bond acceptors (Lipinski definition) is 6. The summed E-state index contributed by atoms with van der Waals surface area (Å²) in [5.41, 5.74) is 1.46. The van der Waals surface area contributed by atoms with Crippen molar-refractivity contribution in [3.8, 4) is 11.5 Å². The van der Waals surface area contributed by atoms with Crippen molar-refractivity contribution in [3.05, 3.63) is 58.8 Å². The van der Waals surface area contributed by atoms with Crippen molar-refractivity contribution in [2.45, 2.75) is 0 Å². The molecule has 26 heavy (non-hydrogen) atoms. The standard InChI is InChI=1S/C18H16Cl2N4O2/c1-25-15-6-4-12(8-16(15)26-2)23-17-9-18(22-10-21-17)24-14-7-11(19)3-5-13(14)20/h3-10H,1-2H3,(H2,21,22,23,24). The van der Waals surface area contributed by atoms with Crippen molar-refractivity contribution in [2.24, 2.45) is 0 Å². The van der Waals surface area contributed by atoms with Crippen molar-refractivity contribution < 1.29 is 9.47 Å². The van der Waals surface area contributed by atoms with Gasteiger partial charge in [-0.3, -0.25) is 0 Å². The Kier molecular flexibility index (Phi) is 5.65. The Labute approximate surface area is 161 Å². The maximum atomic E-state index is 6.17. The second-order valence-electron chi connectivity index (χ2n) is 5.23. The molecule has 0 unspecified atom stereocenters. The molecular formula is C18H16Cl2N4O2. The number of halogens is 2. The Bertz CT molecular complexity index is 921. The van der Waals surface area contributed by atoms with E-state index < -0.39 is 0 Å². The fourth-order valence-corrected chi connectivity index (χ4v) is 2.62. The minimum atomic E-state index is 0.544. The maximum Gasteiger partial charge on any atom is 0.162 e. The molecule has 1 aromatic heterocycles. The summed E-state index contributed by atoms with van der Waals surface area (Å²) in [6.45, 7) is 0. The molecule has 3 aromatic rings. The molecule has 2 N–H and O–H groups in total. The van der Waals surface area contributed by atoms with Gasteiger partial charge < -0.3 is 20.1 Å². The first-order chi connectivity index (χ1) is 12.6. The zero-order chi connectivity index (χ0) is 18.5. The molecule has 2 aromatic carbocycles. The van der Waals surface area contributed by atoms with E-state index in [0.29, 0.717) is 38.9 Å². The number of nitrogens with zero attached hydrogens (tertiary/aromatic N) is 2. The highest BCUT2D eigenvalue weighted by atomic mass is 35.5. The third-order valence-corrected chi connectivity index (χ3v) is 4.08. The summed E-state index contributed by atoms with van der Waals surface area (Å²) in [6, 6.07) is 12.4. The normalized spacial score (nSPS) is 10.3. The average Bonchev–Trinajstić information content (AvgIpc) is 2.65. The first-order valence-corrected chi connectivity index (χ1v) is 8.38. The van der Waals surface area contributed by atoms with Crippen LogP contribution in [0.2, 0.25) is 10.0 Å². The first kappa shape index (κ1) is 18.1. The number of rotatable bonds is 6. The molecule has 1 heterocycles. The van der Waals surface area contributed by atoms with Gasteiger partial charge in [-0.2, -0.15) is 0 Å². The van der Waals surface area contributed by atoms with E-state index in [1.165, 1.54) is 6.33 Å². The van der Waals surface area contributed by atoms with E-state index in [-0.39, 0.29) is 0 Å². The Morgan fingerprint density at radius 1 is 0.808 bits per heavy atom. The third-order valence-electron chi connectivity index (χ3n) is 3.51. The average molecular weight is 391 g/mol. The molecule has 0 aliphatic carbocycles. The summed E-state index contributed by atoms with van der Waals surface area (Å²) in [7, 11) is 3.18. The molecule has 134 valence electrons. The smallest absolute Gasteiger partial charge is 0.162 e. The zero-order valence-electron chi connectivity index (χ0n) is 14.1. The molecule has 0 bridgehead atoms. The lowest BCUT2D eigenvalue weighted by molar-refractivity contribution is 0.355. The van der Waals surface area contributed by atoms with E-state index >= 15 is 0 Å². The van der Waals surface area contributed by atoms with Crippen LogP contribution in [0, 0.1) is 0 Å². The van der Waals surface area contributed by atoms with Crippen LogP contribution in [0.3, 0.4) is 0 Å². The third kappa shape index (κ3) is 4.28. The molecular weight excluding hydrogens is 375 g/mol. The van der Waals surface area contributed by atoms with Crippen LogP contribution in [0.4, 0.5) is 23.0 Å². The van der Waals surface area contributed by atoms with Crippen LogP contribution in [-0.4, -0.2) is 24.2 Å². The lowest BCUT2D eigenvalue weighted by Gasteiger charge is -2.12. The zero-order valence-corrected chi connectivity index (χ0v) is 15.6. The summed E-state index contributed by atoms with van der Waals surface area (Å²) in [5, 5.41) is 7.45. The number of anilines is 4. The van der Waals surface area contributed by atoms with E-state index in [4.69, 9.17) is 32.7 Å². The van der Waals surface area contributed by atoms with E-state index in [9.17, 15) is 0 Å². The minimum absolute atomic E-state index is 0.544. The van der Waals surface area contributed by atoms with Crippen LogP contribution >= 0.6 is 23.2 Å². The van der Waals surface area contributed by atoms with Gasteiger partial charge in [-0.1, -0.05) is 23.2 Å². The molecule has 0 fully saturated rings. The number of methoxy groups -OCH3 is 2. The topological polar surface area (TPSA) is 68.3 Å². The molecule has 0 radical (unpaired) electrons. The molecule has 0 amide bonds. The second-order valence-corrected chi connectivity index (χ2v) is 6.08. The van der Waals surface area contributed by atoms with Crippen molar-refractivity contribution in [1.82, 2.24) is 9.97 Å². The van der Waals surface area contributed by atoms with Crippen molar-refractivity contribution in [3.63, 3.8) is 0 Å². The van der Waals surface area contributed by atoms with Gasteiger partial charge in [0.25, 0.3) is 0 Å². The highest BCUT2D eigenvalue weighted by Crippen LogP contribution is 2.31. The molecule has 0 aliphatic heterocycles. The van der Waals surface area contributed by atoms with Gasteiger partial charge in [0.1, 0.15) is 18.0 Å². The van der Waals surface area contributed by atoms with Crippen LogP contribution in [0.5, 0.6) is 11.5 Å². The van der Waals surface area contributed by atoms with E-state index in [1.54, 1.807) is 38.5 Å². The predicted molar refractivity (Wildman–Crippen MR) is 105 cm³/mol. The van der Waals surface area contributed by atoms with E-state index in [0.717, 1.165) is 5.69 Å². The molecule has 8 heteroatoms. The minimum Gasteiger partial charge on any atom is -0.493 e. The van der Waals surface area contributed by atoms with Crippen molar-refractivity contribution in [2.75, 3.05) is 24.9 Å². The molecule has 0 saturated heterocycles. The van der Waals surface area contributed by atoms with Crippen LogP contribution in [-0.2, 0) is 0 Å². The first-order valence-electron chi connectivity index (χ1n) is 7.62. The summed E-state index contributed by atoms with van der Waals surface area (Å²) in [5.74, 6) is 2.45. The Morgan fingerprint density at radius 3 is 2.27 bits per heavy atom. The SMILES string of the molecule is COc1ccc(Nc2cc(Nc3cc(Cl)ccc3Cl)ncn2)cc1OC. The van der Waals surface area contributed by atoms with Crippen LogP contribution in [0.15, 0.2) is 48.8 Å². The Balaban J connectivity index is 1.80. The number of aromatic nitrogens is 2. The molecule has 3 rings (SSSR count). The van der Waals surface area contributed by atoms with Crippen molar-refractivity contribution in [1.29, 1.82) is 0 Å². The van der Waals surface area contributed by atoms with Gasteiger partial charge in [-0.05, 0) is 30.3 Å². The fourth-order valence-electron chi connectivity index (χ4n) is 2.29. The van der Waals surface area contributed by atoms with Crippen LogP contribution in [0.25, 0.3) is 0 Å². The molecule has 6 nitrogen and oxygen atoms in total. The predicted octanol–water partition coefficient (Wildman–Crippen LogP) is 5.29. The largest absolute Gasteiger partial charge is 0.493 e. The second kappa shape index (κ2) is 8.12. The quantitative estimate of drug-likeness (QED) is 0.595. The fraction of sp³-hybridized carbons (Fsp3) is 0.111. The summed E-state index contributed by atoms with van der Waals surface area (Å²) in [4.78, 5) is 8.42. The van der Waals surface area contributed by atoms with Crippen LogP contribution in [0.1, 0.15) is 0 Å². The number of ether oxygens (including phenoxy) is 2. The Morgan fingerprint density at radius 2 is 1.54 bits per heavy atom. The molecule has 0 spiro atoms.